The molecule has 1 aromatic rings. The predicted molar refractivity (Wildman–Crippen MR) is 62.3 cm³/mol. The second-order valence-electron chi connectivity index (χ2n) is 3.26. The minimum Gasteiger partial charge on any atom is -0.506 e. The fourth-order valence-electron chi connectivity index (χ4n) is 1.37. The van der Waals surface area contributed by atoms with Gasteiger partial charge in [-0.2, -0.15) is 0 Å². The molecule has 92 valence electrons. The Hall–Kier alpha value is -1.46. The van der Waals surface area contributed by atoms with Crippen LogP contribution >= 0.6 is 23.2 Å². The van der Waals surface area contributed by atoms with Gasteiger partial charge in [0.2, 0.25) is 6.41 Å². The van der Waals surface area contributed by atoms with E-state index in [1.165, 1.54) is 12.1 Å². The molecule has 7 heteroatoms. The van der Waals surface area contributed by atoms with Crippen molar-refractivity contribution in [3.05, 3.63) is 27.7 Å². The van der Waals surface area contributed by atoms with Gasteiger partial charge in [-0.05, 0) is 12.1 Å². The number of carboxylic acid groups (broad SMARTS) is 1. The molecule has 1 rings (SSSR count). The van der Waals surface area contributed by atoms with Gasteiger partial charge in [0, 0.05) is 10.6 Å². The predicted octanol–water partition coefficient (Wildman–Crippen LogP) is 1.96. The second kappa shape index (κ2) is 5.75. The van der Waals surface area contributed by atoms with Gasteiger partial charge in [0.15, 0.2) is 0 Å². The van der Waals surface area contributed by atoms with Crippen LogP contribution in [0.2, 0.25) is 10.0 Å². The highest BCUT2D eigenvalue weighted by Gasteiger charge is 2.20. The number of carbonyl (C=O) groups excluding carboxylic acids is 1. The minimum atomic E-state index is -1.13. The molecular weight excluding hydrogens is 269 g/mol. The van der Waals surface area contributed by atoms with Crippen LogP contribution in [0.15, 0.2) is 12.1 Å². The summed E-state index contributed by atoms with van der Waals surface area (Å²) in [5.41, 5.74) is 0.164. The van der Waals surface area contributed by atoms with Crippen LogP contribution < -0.4 is 5.32 Å². The maximum Gasteiger partial charge on any atom is 0.305 e. The first-order valence-corrected chi connectivity index (χ1v) is 5.30. The standard InChI is InChI=1S/C10H9Cl2NO4/c11-5-1-6(10(17)7(12)2-5)8(13-4-14)3-9(15)16/h1-2,4,8,17H,3H2,(H,13,14)(H,15,16)/t8-/m0/s1. The van der Waals surface area contributed by atoms with Crippen molar-refractivity contribution < 1.29 is 19.8 Å². The summed E-state index contributed by atoms with van der Waals surface area (Å²) < 4.78 is 0. The van der Waals surface area contributed by atoms with Crippen molar-refractivity contribution in [1.82, 2.24) is 5.32 Å². The molecule has 0 bridgehead atoms. The Morgan fingerprint density at radius 3 is 2.65 bits per heavy atom. The number of phenolic OH excluding ortho intramolecular Hbond substituents is 1. The van der Waals surface area contributed by atoms with Crippen LogP contribution in [-0.4, -0.2) is 22.6 Å². The molecule has 0 aliphatic carbocycles. The first-order valence-electron chi connectivity index (χ1n) is 4.55. The monoisotopic (exact) mass is 277 g/mol. The van der Waals surface area contributed by atoms with Crippen molar-refractivity contribution in [2.75, 3.05) is 0 Å². The summed E-state index contributed by atoms with van der Waals surface area (Å²) in [6, 6.07) is 1.79. The van der Waals surface area contributed by atoms with Crippen molar-refractivity contribution >= 4 is 35.6 Å². The molecule has 1 atom stereocenters. The number of aliphatic carboxylic acids is 1. The molecule has 0 unspecified atom stereocenters. The van der Waals surface area contributed by atoms with Gasteiger partial charge in [0.25, 0.3) is 0 Å². The number of amides is 1. The van der Waals surface area contributed by atoms with Crippen molar-refractivity contribution in [2.24, 2.45) is 0 Å². The third kappa shape index (κ3) is 3.51. The summed E-state index contributed by atoms with van der Waals surface area (Å²) in [7, 11) is 0. The Morgan fingerprint density at radius 2 is 2.12 bits per heavy atom. The van der Waals surface area contributed by atoms with Gasteiger partial charge in [-0.3, -0.25) is 9.59 Å². The molecule has 0 fully saturated rings. The smallest absolute Gasteiger partial charge is 0.305 e. The molecular formula is C10H9Cl2NO4. The third-order valence-electron chi connectivity index (χ3n) is 2.08. The van der Waals surface area contributed by atoms with E-state index in [1.54, 1.807) is 0 Å². The number of hydrogen-bond acceptors (Lipinski definition) is 3. The number of halogens is 2. The first-order chi connectivity index (χ1) is 7.95. The maximum absolute atomic E-state index is 10.6. The van der Waals surface area contributed by atoms with Gasteiger partial charge in [-0.15, -0.1) is 0 Å². The Morgan fingerprint density at radius 1 is 1.47 bits per heavy atom. The molecule has 0 heterocycles. The quantitative estimate of drug-likeness (QED) is 0.718. The lowest BCUT2D eigenvalue weighted by Crippen LogP contribution is -2.22. The van der Waals surface area contributed by atoms with Crippen LogP contribution in [0.1, 0.15) is 18.0 Å². The number of aromatic hydroxyl groups is 1. The Labute approximate surface area is 107 Å². The number of hydrogen-bond donors (Lipinski definition) is 3. The lowest BCUT2D eigenvalue weighted by molar-refractivity contribution is -0.137. The van der Waals surface area contributed by atoms with Gasteiger partial charge in [0.1, 0.15) is 5.75 Å². The van der Waals surface area contributed by atoms with Crippen LogP contribution in [0, 0.1) is 0 Å². The van der Waals surface area contributed by atoms with E-state index in [1.807, 2.05) is 0 Å². The van der Waals surface area contributed by atoms with E-state index in [4.69, 9.17) is 28.3 Å². The number of benzene rings is 1. The number of carbonyl (C=O) groups is 2. The lowest BCUT2D eigenvalue weighted by atomic mass is 10.0. The van der Waals surface area contributed by atoms with Crippen molar-refractivity contribution in [3.8, 4) is 5.75 Å². The van der Waals surface area contributed by atoms with E-state index in [9.17, 15) is 14.7 Å². The molecule has 5 nitrogen and oxygen atoms in total. The molecule has 0 radical (unpaired) electrons. The molecule has 0 aliphatic rings. The second-order valence-corrected chi connectivity index (χ2v) is 4.10. The first kappa shape index (κ1) is 13.6. The van der Waals surface area contributed by atoms with E-state index < -0.39 is 12.0 Å². The summed E-state index contributed by atoms with van der Waals surface area (Å²) in [6.45, 7) is 0. The molecule has 0 saturated carbocycles. The summed E-state index contributed by atoms with van der Waals surface area (Å²) in [4.78, 5) is 21.0. The third-order valence-corrected chi connectivity index (χ3v) is 2.59. The molecule has 0 spiro atoms. The normalized spacial score (nSPS) is 11.9. The molecule has 0 saturated heterocycles. The van der Waals surface area contributed by atoms with E-state index >= 15 is 0 Å². The topological polar surface area (TPSA) is 86.6 Å². The summed E-state index contributed by atoms with van der Waals surface area (Å²) in [6.07, 6.45) is -0.0369. The average Bonchev–Trinajstić information content (AvgIpc) is 2.22. The highest BCUT2D eigenvalue weighted by Crippen LogP contribution is 2.35. The number of nitrogens with one attached hydrogen (secondary N) is 1. The zero-order valence-corrected chi connectivity index (χ0v) is 10.00. The van der Waals surface area contributed by atoms with E-state index in [-0.39, 0.29) is 27.8 Å². The molecule has 17 heavy (non-hydrogen) atoms. The minimum absolute atomic E-state index is 0.00409. The van der Waals surface area contributed by atoms with Crippen LogP contribution in [-0.2, 0) is 9.59 Å². The summed E-state index contributed by atoms with van der Waals surface area (Å²) >= 11 is 11.4. The van der Waals surface area contributed by atoms with E-state index in [0.29, 0.717) is 6.41 Å². The number of phenols is 1. The molecule has 1 aromatic carbocycles. The van der Waals surface area contributed by atoms with Gasteiger partial charge in [-0.25, -0.2) is 0 Å². The summed E-state index contributed by atoms with van der Waals surface area (Å²) in [5, 5.41) is 20.9. The van der Waals surface area contributed by atoms with E-state index in [0.717, 1.165) is 0 Å². The molecule has 1 amide bonds. The zero-order valence-electron chi connectivity index (χ0n) is 8.48. The maximum atomic E-state index is 10.6. The van der Waals surface area contributed by atoms with Crippen molar-refractivity contribution in [1.29, 1.82) is 0 Å². The average molecular weight is 278 g/mol. The van der Waals surface area contributed by atoms with Crippen molar-refractivity contribution in [3.63, 3.8) is 0 Å². The van der Waals surface area contributed by atoms with Crippen LogP contribution in [0.25, 0.3) is 0 Å². The van der Waals surface area contributed by atoms with Crippen LogP contribution in [0.3, 0.4) is 0 Å². The highest BCUT2D eigenvalue weighted by atomic mass is 35.5. The van der Waals surface area contributed by atoms with Gasteiger partial charge in [-0.1, -0.05) is 23.2 Å². The molecule has 0 aromatic heterocycles. The fraction of sp³-hybridized carbons (Fsp3) is 0.200. The number of carboxylic acids is 1. The van der Waals surface area contributed by atoms with Gasteiger partial charge in [0.05, 0.1) is 17.5 Å². The highest BCUT2D eigenvalue weighted by molar-refractivity contribution is 6.35. The van der Waals surface area contributed by atoms with Gasteiger partial charge < -0.3 is 15.5 Å². The Kier molecular flexibility index (Phi) is 4.60. The zero-order chi connectivity index (χ0) is 13.0. The molecule has 3 N–H and O–H groups in total. The SMILES string of the molecule is O=CN[C@@H](CC(=O)O)c1cc(Cl)cc(Cl)c1O. The Balaban J connectivity index is 3.16. The van der Waals surface area contributed by atoms with Crippen LogP contribution in [0.4, 0.5) is 0 Å². The van der Waals surface area contributed by atoms with Crippen molar-refractivity contribution in [2.45, 2.75) is 12.5 Å². The molecule has 0 aliphatic heterocycles. The summed E-state index contributed by atoms with van der Waals surface area (Å²) in [5.74, 6) is -1.42. The largest absolute Gasteiger partial charge is 0.506 e. The van der Waals surface area contributed by atoms with E-state index in [2.05, 4.69) is 5.32 Å². The van der Waals surface area contributed by atoms with Crippen LogP contribution in [0.5, 0.6) is 5.75 Å². The van der Waals surface area contributed by atoms with Gasteiger partial charge >= 0.3 is 5.97 Å². The Bertz CT molecular complexity index is 450. The lowest BCUT2D eigenvalue weighted by Gasteiger charge is -2.16. The number of rotatable bonds is 5. The fourth-order valence-corrected chi connectivity index (χ4v) is 1.88.